The molecule has 0 aliphatic carbocycles. The summed E-state index contributed by atoms with van der Waals surface area (Å²) < 4.78 is 6.97. The zero-order valence-corrected chi connectivity index (χ0v) is 16.6. The van der Waals surface area contributed by atoms with Crippen molar-refractivity contribution >= 4 is 23.6 Å². The van der Waals surface area contributed by atoms with Crippen LogP contribution in [0.5, 0.6) is 5.75 Å². The van der Waals surface area contributed by atoms with Crippen LogP contribution in [-0.4, -0.2) is 22.8 Å². The second-order valence-electron chi connectivity index (χ2n) is 6.34. The van der Waals surface area contributed by atoms with E-state index >= 15 is 0 Å². The highest BCUT2D eigenvalue weighted by molar-refractivity contribution is 6.31. The van der Waals surface area contributed by atoms with E-state index < -0.39 is 0 Å². The molecule has 144 valence electrons. The summed E-state index contributed by atoms with van der Waals surface area (Å²) in [6, 6.07) is 17.5. The molecule has 0 atom stereocenters. The van der Waals surface area contributed by atoms with Crippen LogP contribution < -0.4 is 10.1 Å². The van der Waals surface area contributed by atoms with Gasteiger partial charge in [-0.05, 0) is 36.3 Å². The summed E-state index contributed by atoms with van der Waals surface area (Å²) >= 11 is 6.50. The van der Waals surface area contributed by atoms with Crippen molar-refractivity contribution in [2.75, 3.05) is 7.11 Å². The van der Waals surface area contributed by atoms with Gasteiger partial charge in [-0.15, -0.1) is 0 Å². The smallest absolute Gasteiger partial charge is 0.244 e. The molecule has 3 aromatic rings. The van der Waals surface area contributed by atoms with Crippen LogP contribution in [0.3, 0.4) is 0 Å². The lowest BCUT2D eigenvalue weighted by Gasteiger charge is -2.06. The SMILES string of the molecule is COc1cccc(Cn2nc(C)c(/C=C/C(=O)NCc3ccccc3)c2Cl)c1. The molecule has 6 heteroatoms. The molecule has 1 aromatic heterocycles. The molecule has 5 nitrogen and oxygen atoms in total. The molecule has 0 aliphatic heterocycles. The molecule has 0 fully saturated rings. The van der Waals surface area contributed by atoms with Crippen LogP contribution in [0.25, 0.3) is 6.08 Å². The van der Waals surface area contributed by atoms with Crippen LogP contribution in [0.1, 0.15) is 22.4 Å². The van der Waals surface area contributed by atoms with Gasteiger partial charge >= 0.3 is 0 Å². The van der Waals surface area contributed by atoms with E-state index in [1.165, 1.54) is 6.08 Å². The lowest BCUT2D eigenvalue weighted by molar-refractivity contribution is -0.116. The number of aryl methyl sites for hydroxylation is 1. The number of carbonyl (C=O) groups excluding carboxylic acids is 1. The summed E-state index contributed by atoms with van der Waals surface area (Å²) in [6.07, 6.45) is 3.18. The Labute approximate surface area is 169 Å². The molecule has 0 spiro atoms. The van der Waals surface area contributed by atoms with Gasteiger partial charge in [-0.1, -0.05) is 54.1 Å². The quantitative estimate of drug-likeness (QED) is 0.609. The summed E-state index contributed by atoms with van der Waals surface area (Å²) in [6.45, 7) is 2.87. The molecule has 0 saturated heterocycles. The number of carbonyl (C=O) groups is 1. The maximum Gasteiger partial charge on any atom is 0.244 e. The first-order valence-corrected chi connectivity index (χ1v) is 9.30. The lowest BCUT2D eigenvalue weighted by Crippen LogP contribution is -2.20. The molecule has 1 heterocycles. The topological polar surface area (TPSA) is 56.2 Å². The molecule has 3 rings (SSSR count). The molecule has 28 heavy (non-hydrogen) atoms. The normalized spacial score (nSPS) is 11.0. The highest BCUT2D eigenvalue weighted by Crippen LogP contribution is 2.23. The van der Waals surface area contributed by atoms with E-state index in [-0.39, 0.29) is 5.91 Å². The van der Waals surface area contributed by atoms with E-state index in [0.717, 1.165) is 28.1 Å². The number of nitrogens with one attached hydrogen (secondary N) is 1. The van der Waals surface area contributed by atoms with Crippen LogP contribution in [-0.2, 0) is 17.9 Å². The summed E-state index contributed by atoms with van der Waals surface area (Å²) in [7, 11) is 1.63. The summed E-state index contributed by atoms with van der Waals surface area (Å²) in [5.41, 5.74) is 3.57. The predicted octanol–water partition coefficient (Wildman–Crippen LogP) is 4.23. The molecule has 1 N–H and O–H groups in total. The zero-order valence-electron chi connectivity index (χ0n) is 15.9. The Hall–Kier alpha value is -3.05. The molecule has 0 saturated carbocycles. The Morgan fingerprint density at radius 1 is 1.18 bits per heavy atom. The number of amides is 1. The fourth-order valence-corrected chi connectivity index (χ4v) is 3.11. The van der Waals surface area contributed by atoms with Gasteiger partial charge in [0.05, 0.1) is 19.3 Å². The zero-order chi connectivity index (χ0) is 19.9. The standard InChI is InChI=1S/C22H22ClN3O2/c1-16-20(11-12-21(27)24-14-17-7-4-3-5-8-17)22(23)26(25-16)15-18-9-6-10-19(13-18)28-2/h3-13H,14-15H2,1-2H3,(H,24,27)/b12-11+. The second kappa shape index (κ2) is 9.24. The van der Waals surface area contributed by atoms with Gasteiger partial charge < -0.3 is 10.1 Å². The second-order valence-corrected chi connectivity index (χ2v) is 6.69. The number of ether oxygens (including phenoxy) is 1. The van der Waals surface area contributed by atoms with Crippen molar-refractivity contribution in [3.8, 4) is 5.75 Å². The van der Waals surface area contributed by atoms with E-state index in [0.29, 0.717) is 18.2 Å². The van der Waals surface area contributed by atoms with Crippen LogP contribution in [0, 0.1) is 6.92 Å². The van der Waals surface area contributed by atoms with Gasteiger partial charge in [-0.2, -0.15) is 5.10 Å². The molecule has 0 bridgehead atoms. The van der Waals surface area contributed by atoms with Crippen molar-refractivity contribution in [2.45, 2.75) is 20.0 Å². The first-order chi connectivity index (χ1) is 13.6. The monoisotopic (exact) mass is 395 g/mol. The maximum absolute atomic E-state index is 12.1. The molecule has 0 radical (unpaired) electrons. The average Bonchev–Trinajstić information content (AvgIpc) is 2.98. The Morgan fingerprint density at radius 2 is 1.93 bits per heavy atom. The van der Waals surface area contributed by atoms with Crippen molar-refractivity contribution in [2.24, 2.45) is 0 Å². The van der Waals surface area contributed by atoms with Gasteiger partial charge in [0.15, 0.2) is 0 Å². The van der Waals surface area contributed by atoms with E-state index in [9.17, 15) is 4.79 Å². The number of hydrogen-bond donors (Lipinski definition) is 1. The molecular formula is C22H22ClN3O2. The lowest BCUT2D eigenvalue weighted by atomic mass is 10.2. The van der Waals surface area contributed by atoms with Gasteiger partial charge in [-0.25, -0.2) is 4.68 Å². The fourth-order valence-electron chi connectivity index (χ4n) is 2.81. The molecule has 1 amide bonds. The van der Waals surface area contributed by atoms with E-state index in [1.807, 2.05) is 61.5 Å². The Bertz CT molecular complexity index is 981. The number of nitrogens with zero attached hydrogens (tertiary/aromatic N) is 2. The van der Waals surface area contributed by atoms with Crippen molar-refractivity contribution in [1.29, 1.82) is 0 Å². The van der Waals surface area contributed by atoms with Gasteiger partial charge in [0, 0.05) is 18.2 Å². The molecule has 2 aromatic carbocycles. The van der Waals surface area contributed by atoms with Gasteiger partial charge in [-0.3, -0.25) is 4.79 Å². The Balaban J connectivity index is 1.67. The number of hydrogen-bond acceptors (Lipinski definition) is 3. The first-order valence-electron chi connectivity index (χ1n) is 8.92. The number of aromatic nitrogens is 2. The van der Waals surface area contributed by atoms with Crippen LogP contribution in [0.15, 0.2) is 60.7 Å². The summed E-state index contributed by atoms with van der Waals surface area (Å²) in [5.74, 6) is 0.604. The van der Waals surface area contributed by atoms with Crippen molar-refractivity contribution in [3.63, 3.8) is 0 Å². The Morgan fingerprint density at radius 3 is 2.68 bits per heavy atom. The van der Waals surface area contributed by atoms with E-state index in [4.69, 9.17) is 16.3 Å². The summed E-state index contributed by atoms with van der Waals surface area (Å²) in [5, 5.41) is 7.84. The largest absolute Gasteiger partial charge is 0.497 e. The minimum atomic E-state index is -0.181. The maximum atomic E-state index is 12.1. The van der Waals surface area contributed by atoms with Gasteiger partial charge in [0.1, 0.15) is 10.9 Å². The van der Waals surface area contributed by atoms with Crippen molar-refractivity contribution < 1.29 is 9.53 Å². The molecule has 0 unspecified atom stereocenters. The van der Waals surface area contributed by atoms with Crippen LogP contribution >= 0.6 is 11.6 Å². The van der Waals surface area contributed by atoms with Crippen molar-refractivity contribution in [3.05, 3.63) is 88.2 Å². The predicted molar refractivity (Wildman–Crippen MR) is 111 cm³/mol. The van der Waals surface area contributed by atoms with Crippen molar-refractivity contribution in [1.82, 2.24) is 15.1 Å². The fraction of sp³-hybridized carbons (Fsp3) is 0.182. The number of halogens is 1. The highest BCUT2D eigenvalue weighted by Gasteiger charge is 2.12. The minimum absolute atomic E-state index is 0.181. The Kier molecular flexibility index (Phi) is 6.50. The van der Waals surface area contributed by atoms with Crippen LogP contribution in [0.2, 0.25) is 5.15 Å². The average molecular weight is 396 g/mol. The third-order valence-corrected chi connectivity index (χ3v) is 4.69. The number of rotatable bonds is 7. The van der Waals surface area contributed by atoms with E-state index in [2.05, 4.69) is 10.4 Å². The number of benzene rings is 2. The molecular weight excluding hydrogens is 374 g/mol. The van der Waals surface area contributed by atoms with E-state index in [1.54, 1.807) is 17.9 Å². The minimum Gasteiger partial charge on any atom is -0.497 e. The highest BCUT2D eigenvalue weighted by atomic mass is 35.5. The van der Waals surface area contributed by atoms with Gasteiger partial charge in [0.25, 0.3) is 0 Å². The van der Waals surface area contributed by atoms with Crippen LogP contribution in [0.4, 0.5) is 0 Å². The third-order valence-electron chi connectivity index (χ3n) is 4.29. The van der Waals surface area contributed by atoms with Gasteiger partial charge in [0.2, 0.25) is 5.91 Å². The summed E-state index contributed by atoms with van der Waals surface area (Å²) in [4.78, 5) is 12.1. The number of methoxy groups -OCH3 is 1. The first kappa shape index (κ1) is 19.7. The third kappa shape index (κ3) is 5.02. The molecule has 0 aliphatic rings.